The molecule has 29 heavy (non-hydrogen) atoms. The van der Waals surface area contributed by atoms with E-state index in [9.17, 15) is 10.1 Å². The zero-order valence-electron chi connectivity index (χ0n) is 15.5. The SMILES string of the molecule is O=[N+]([O-])C[C@@H](c1ccccc1OCc1ccccc1Cl)c1c[nH]c2ccccc12. The van der Waals surface area contributed by atoms with Gasteiger partial charge in [0.2, 0.25) is 6.54 Å². The van der Waals surface area contributed by atoms with Gasteiger partial charge in [0.1, 0.15) is 12.4 Å². The van der Waals surface area contributed by atoms with Crippen LogP contribution in [-0.2, 0) is 6.61 Å². The third kappa shape index (κ3) is 4.10. The number of para-hydroxylation sites is 2. The number of hydrogen-bond acceptors (Lipinski definition) is 3. The smallest absolute Gasteiger partial charge is 0.214 e. The Kier molecular flexibility index (Phi) is 5.49. The number of halogens is 1. The maximum absolute atomic E-state index is 11.5. The molecule has 0 fully saturated rings. The predicted molar refractivity (Wildman–Crippen MR) is 114 cm³/mol. The van der Waals surface area contributed by atoms with E-state index in [4.69, 9.17) is 16.3 Å². The molecule has 0 bridgehead atoms. The predicted octanol–water partition coefficient (Wildman–Crippen LogP) is 5.81. The number of aromatic amines is 1. The van der Waals surface area contributed by atoms with Gasteiger partial charge in [-0.3, -0.25) is 10.1 Å². The van der Waals surface area contributed by atoms with Gasteiger partial charge in [0, 0.05) is 38.2 Å². The first-order valence-corrected chi connectivity index (χ1v) is 9.64. The Hall–Kier alpha value is -3.31. The van der Waals surface area contributed by atoms with E-state index in [1.54, 1.807) is 0 Å². The van der Waals surface area contributed by atoms with Gasteiger partial charge in [0.25, 0.3) is 0 Å². The second-order valence-corrected chi connectivity index (χ2v) is 7.18. The molecule has 146 valence electrons. The molecule has 4 rings (SSSR count). The fourth-order valence-corrected chi connectivity index (χ4v) is 3.76. The summed E-state index contributed by atoms with van der Waals surface area (Å²) < 4.78 is 6.06. The maximum Gasteiger partial charge on any atom is 0.214 e. The Morgan fingerprint density at radius 2 is 1.69 bits per heavy atom. The van der Waals surface area contributed by atoms with E-state index in [1.807, 2.05) is 79.0 Å². The number of nitrogens with zero attached hydrogens (tertiary/aromatic N) is 1. The molecular formula is C23H19ClN2O3. The van der Waals surface area contributed by atoms with Gasteiger partial charge in [-0.2, -0.15) is 0 Å². The lowest BCUT2D eigenvalue weighted by Crippen LogP contribution is -2.15. The van der Waals surface area contributed by atoms with Crippen LogP contribution < -0.4 is 4.74 Å². The van der Waals surface area contributed by atoms with Crippen molar-refractivity contribution in [2.75, 3.05) is 6.54 Å². The third-order valence-electron chi connectivity index (χ3n) is 4.96. The number of fused-ring (bicyclic) bond motifs is 1. The molecule has 1 heterocycles. The zero-order valence-corrected chi connectivity index (χ0v) is 16.3. The molecule has 0 saturated heterocycles. The third-order valence-corrected chi connectivity index (χ3v) is 5.33. The molecule has 0 amide bonds. The van der Waals surface area contributed by atoms with E-state index in [1.165, 1.54) is 0 Å². The van der Waals surface area contributed by atoms with Crippen molar-refractivity contribution in [1.29, 1.82) is 0 Å². The van der Waals surface area contributed by atoms with Crippen molar-refractivity contribution in [3.63, 3.8) is 0 Å². The quantitative estimate of drug-likeness (QED) is 0.311. The van der Waals surface area contributed by atoms with E-state index in [2.05, 4.69) is 4.98 Å². The number of aromatic nitrogens is 1. The summed E-state index contributed by atoms with van der Waals surface area (Å²) in [7, 11) is 0. The van der Waals surface area contributed by atoms with Gasteiger partial charge in [0.15, 0.2) is 0 Å². The number of nitro groups is 1. The fraction of sp³-hybridized carbons (Fsp3) is 0.130. The molecule has 1 aromatic heterocycles. The highest BCUT2D eigenvalue weighted by atomic mass is 35.5. The van der Waals surface area contributed by atoms with Crippen LogP contribution in [-0.4, -0.2) is 16.5 Å². The first-order chi connectivity index (χ1) is 14.1. The van der Waals surface area contributed by atoms with Gasteiger partial charge in [-0.1, -0.05) is 66.2 Å². The normalized spacial score (nSPS) is 12.0. The molecule has 0 spiro atoms. The highest BCUT2D eigenvalue weighted by Gasteiger charge is 2.26. The van der Waals surface area contributed by atoms with Gasteiger partial charge in [-0.15, -0.1) is 0 Å². The van der Waals surface area contributed by atoms with Gasteiger partial charge in [-0.25, -0.2) is 0 Å². The summed E-state index contributed by atoms with van der Waals surface area (Å²) in [5.41, 5.74) is 3.47. The Bertz CT molecular complexity index is 1160. The molecule has 0 saturated carbocycles. The molecule has 3 aromatic carbocycles. The fourth-order valence-electron chi connectivity index (χ4n) is 3.57. The Labute approximate surface area is 173 Å². The lowest BCUT2D eigenvalue weighted by atomic mass is 9.90. The second-order valence-electron chi connectivity index (χ2n) is 6.78. The Morgan fingerprint density at radius 1 is 0.966 bits per heavy atom. The molecular weight excluding hydrogens is 388 g/mol. The summed E-state index contributed by atoms with van der Waals surface area (Å²) in [6.07, 6.45) is 1.85. The standard InChI is InChI=1S/C23H19ClN2O3/c24-21-10-4-1-7-16(21)15-29-23-12-6-3-9-18(23)20(14-26(27)28)19-13-25-22-11-5-2-8-17(19)22/h1-13,20,25H,14-15H2/t20-/m0/s1. The highest BCUT2D eigenvalue weighted by molar-refractivity contribution is 6.31. The number of hydrogen-bond donors (Lipinski definition) is 1. The number of benzene rings is 3. The summed E-state index contributed by atoms with van der Waals surface area (Å²) in [5.74, 6) is 0.174. The van der Waals surface area contributed by atoms with Gasteiger partial charge >= 0.3 is 0 Å². The van der Waals surface area contributed by atoms with Crippen LogP contribution in [0.4, 0.5) is 0 Å². The van der Waals surface area contributed by atoms with E-state index >= 15 is 0 Å². The van der Waals surface area contributed by atoms with Crippen LogP contribution in [0.2, 0.25) is 5.02 Å². The average molecular weight is 407 g/mol. The number of rotatable bonds is 7. The first-order valence-electron chi connectivity index (χ1n) is 9.26. The van der Waals surface area contributed by atoms with Crippen LogP contribution in [0.5, 0.6) is 5.75 Å². The molecule has 0 aliphatic heterocycles. The second kappa shape index (κ2) is 8.37. The van der Waals surface area contributed by atoms with E-state index in [0.717, 1.165) is 27.6 Å². The molecule has 6 heteroatoms. The summed E-state index contributed by atoms with van der Waals surface area (Å²) in [4.78, 5) is 14.4. The molecule has 0 radical (unpaired) electrons. The molecule has 1 N–H and O–H groups in total. The van der Waals surface area contributed by atoms with E-state index in [0.29, 0.717) is 10.8 Å². The summed E-state index contributed by atoms with van der Waals surface area (Å²) in [6.45, 7) is 0.0596. The molecule has 0 aliphatic carbocycles. The van der Waals surface area contributed by atoms with E-state index in [-0.39, 0.29) is 18.1 Å². The van der Waals surface area contributed by atoms with Crippen molar-refractivity contribution in [3.8, 4) is 5.75 Å². The maximum atomic E-state index is 11.5. The first kappa shape index (κ1) is 19.0. The van der Waals surface area contributed by atoms with Crippen molar-refractivity contribution < 1.29 is 9.66 Å². The minimum atomic E-state index is -0.441. The van der Waals surface area contributed by atoms with Crippen LogP contribution in [0.15, 0.2) is 79.0 Å². The Morgan fingerprint density at radius 3 is 2.52 bits per heavy atom. The van der Waals surface area contributed by atoms with Crippen LogP contribution in [0.25, 0.3) is 10.9 Å². The summed E-state index contributed by atoms with van der Waals surface area (Å²) in [5, 5.41) is 13.1. The summed E-state index contributed by atoms with van der Waals surface area (Å²) >= 11 is 6.23. The van der Waals surface area contributed by atoms with Gasteiger partial charge < -0.3 is 9.72 Å². The number of nitrogens with one attached hydrogen (secondary N) is 1. The van der Waals surface area contributed by atoms with Crippen LogP contribution in [0.3, 0.4) is 0 Å². The van der Waals surface area contributed by atoms with Crippen LogP contribution >= 0.6 is 11.6 Å². The van der Waals surface area contributed by atoms with Crippen molar-refractivity contribution in [3.05, 3.63) is 111 Å². The Balaban J connectivity index is 1.72. The monoisotopic (exact) mass is 406 g/mol. The van der Waals surface area contributed by atoms with Crippen molar-refractivity contribution in [1.82, 2.24) is 4.98 Å². The number of ether oxygens (including phenoxy) is 1. The molecule has 4 aromatic rings. The van der Waals surface area contributed by atoms with Crippen molar-refractivity contribution in [2.24, 2.45) is 0 Å². The van der Waals surface area contributed by atoms with Crippen molar-refractivity contribution in [2.45, 2.75) is 12.5 Å². The summed E-state index contributed by atoms with van der Waals surface area (Å²) in [6, 6.07) is 22.8. The van der Waals surface area contributed by atoms with Crippen LogP contribution in [0.1, 0.15) is 22.6 Å². The minimum Gasteiger partial charge on any atom is -0.489 e. The number of H-pyrrole nitrogens is 1. The average Bonchev–Trinajstić information content (AvgIpc) is 3.16. The lowest BCUT2D eigenvalue weighted by molar-refractivity contribution is -0.481. The van der Waals surface area contributed by atoms with Gasteiger partial charge in [-0.05, 0) is 23.8 Å². The highest BCUT2D eigenvalue weighted by Crippen LogP contribution is 2.36. The lowest BCUT2D eigenvalue weighted by Gasteiger charge is -2.18. The topological polar surface area (TPSA) is 68.2 Å². The minimum absolute atomic E-state index is 0.228. The molecule has 0 aliphatic rings. The van der Waals surface area contributed by atoms with E-state index < -0.39 is 5.92 Å². The van der Waals surface area contributed by atoms with Gasteiger partial charge in [0.05, 0.1) is 5.92 Å². The zero-order chi connectivity index (χ0) is 20.2. The molecule has 0 unspecified atom stereocenters. The van der Waals surface area contributed by atoms with Crippen molar-refractivity contribution >= 4 is 22.5 Å². The molecule has 5 nitrogen and oxygen atoms in total. The molecule has 1 atom stereocenters. The largest absolute Gasteiger partial charge is 0.489 e. The van der Waals surface area contributed by atoms with Crippen LogP contribution in [0, 0.1) is 10.1 Å².